The molecule has 1 heterocycles. The van der Waals surface area contributed by atoms with E-state index in [9.17, 15) is 0 Å². The van der Waals surface area contributed by atoms with Gasteiger partial charge in [0.05, 0.1) is 0 Å². The van der Waals surface area contributed by atoms with Gasteiger partial charge in [-0.25, -0.2) is 4.98 Å². The van der Waals surface area contributed by atoms with Crippen molar-refractivity contribution in [1.82, 2.24) is 9.97 Å². The fraction of sp³-hybridized carbons (Fsp3) is 0.250. The summed E-state index contributed by atoms with van der Waals surface area (Å²) < 4.78 is 0. The number of hydrogen-bond acceptors (Lipinski definition) is 2. The molecule has 0 aliphatic carbocycles. The van der Waals surface area contributed by atoms with Gasteiger partial charge in [0.25, 0.3) is 0 Å². The molecule has 0 radical (unpaired) electrons. The number of aromatic nitrogens is 2. The minimum atomic E-state index is 0.334. The fourth-order valence-electron chi connectivity index (χ4n) is 0.408. The number of imidazole rings is 1. The third kappa shape index (κ3) is 1.53. The van der Waals surface area contributed by atoms with E-state index in [1.165, 1.54) is 11.8 Å². The van der Waals surface area contributed by atoms with Crippen LogP contribution in [0.2, 0.25) is 10.3 Å². The van der Waals surface area contributed by atoms with Crippen molar-refractivity contribution >= 4 is 35.0 Å². The molecule has 1 N–H and O–H groups in total. The zero-order valence-corrected chi connectivity index (χ0v) is 6.94. The van der Waals surface area contributed by atoms with E-state index in [4.69, 9.17) is 23.2 Å². The maximum atomic E-state index is 5.54. The van der Waals surface area contributed by atoms with Gasteiger partial charge in [0.15, 0.2) is 10.3 Å². The highest BCUT2D eigenvalue weighted by molar-refractivity contribution is 7.98. The van der Waals surface area contributed by atoms with Crippen molar-refractivity contribution in [2.24, 2.45) is 0 Å². The van der Waals surface area contributed by atoms with E-state index in [2.05, 4.69) is 9.97 Å². The van der Waals surface area contributed by atoms with E-state index in [0.29, 0.717) is 10.3 Å². The summed E-state index contributed by atoms with van der Waals surface area (Å²) in [6.45, 7) is 0. The summed E-state index contributed by atoms with van der Waals surface area (Å²) in [6, 6.07) is 0. The van der Waals surface area contributed by atoms with Gasteiger partial charge in [-0.1, -0.05) is 35.0 Å². The highest BCUT2D eigenvalue weighted by atomic mass is 35.5. The second-order valence-electron chi connectivity index (χ2n) is 1.35. The van der Waals surface area contributed by atoms with Crippen molar-refractivity contribution in [1.29, 1.82) is 0 Å². The first-order valence-corrected chi connectivity index (χ1v) is 4.17. The predicted octanol–water partition coefficient (Wildman–Crippen LogP) is 2.44. The lowest BCUT2D eigenvalue weighted by atomic mass is 10.9. The molecule has 0 amide bonds. The predicted molar refractivity (Wildman–Crippen MR) is 40.4 cm³/mol. The van der Waals surface area contributed by atoms with Crippen LogP contribution >= 0.6 is 35.0 Å². The van der Waals surface area contributed by atoms with Crippen LogP contribution < -0.4 is 0 Å². The third-order valence-corrected chi connectivity index (χ3v) is 2.01. The molecule has 1 rings (SSSR count). The van der Waals surface area contributed by atoms with Gasteiger partial charge in [0.2, 0.25) is 0 Å². The Labute approximate surface area is 67.0 Å². The van der Waals surface area contributed by atoms with Crippen LogP contribution in [-0.4, -0.2) is 16.2 Å². The largest absolute Gasteiger partial charge is 0.323 e. The van der Waals surface area contributed by atoms with Crippen molar-refractivity contribution < 1.29 is 0 Å². The Bertz CT molecular complexity index is 191. The molecular formula is C4H4Cl2N2S. The molecule has 0 bridgehead atoms. The van der Waals surface area contributed by atoms with Crippen LogP contribution in [0.1, 0.15) is 0 Å². The molecule has 0 unspecified atom stereocenters. The molecule has 0 aliphatic heterocycles. The number of hydrogen-bond donors (Lipinski definition) is 1. The molecule has 9 heavy (non-hydrogen) atoms. The molecule has 5 heteroatoms. The Morgan fingerprint density at radius 2 is 2.22 bits per heavy atom. The van der Waals surface area contributed by atoms with Crippen molar-refractivity contribution in [3.8, 4) is 0 Å². The molecule has 0 aliphatic rings. The summed E-state index contributed by atoms with van der Waals surface area (Å²) in [6.07, 6.45) is 1.89. The Morgan fingerprint density at radius 3 is 2.44 bits per heavy atom. The van der Waals surface area contributed by atoms with Crippen LogP contribution in [0, 0.1) is 0 Å². The third-order valence-electron chi connectivity index (χ3n) is 0.791. The van der Waals surface area contributed by atoms with E-state index < -0.39 is 0 Å². The lowest BCUT2D eigenvalue weighted by molar-refractivity contribution is 1.06. The molecule has 1 aromatic heterocycles. The highest BCUT2D eigenvalue weighted by Crippen LogP contribution is 2.21. The number of halogens is 2. The monoisotopic (exact) mass is 182 g/mol. The topological polar surface area (TPSA) is 28.7 Å². The molecule has 2 nitrogen and oxygen atoms in total. The van der Waals surface area contributed by atoms with E-state index in [1.54, 1.807) is 0 Å². The minimum absolute atomic E-state index is 0.334. The molecule has 0 aromatic carbocycles. The number of thioether (sulfide) groups is 1. The fourth-order valence-corrected chi connectivity index (χ4v) is 1.16. The summed E-state index contributed by atoms with van der Waals surface area (Å²) in [5.74, 6) is 0. The molecule has 1 aromatic rings. The van der Waals surface area contributed by atoms with Crippen LogP contribution in [-0.2, 0) is 0 Å². The van der Waals surface area contributed by atoms with Gasteiger partial charge in [-0.15, -0.1) is 0 Å². The van der Waals surface area contributed by atoms with E-state index in [-0.39, 0.29) is 0 Å². The van der Waals surface area contributed by atoms with Gasteiger partial charge in [0.1, 0.15) is 5.15 Å². The Morgan fingerprint density at radius 1 is 1.56 bits per heavy atom. The summed E-state index contributed by atoms with van der Waals surface area (Å²) >= 11 is 12.5. The lowest BCUT2D eigenvalue weighted by Crippen LogP contribution is -1.67. The van der Waals surface area contributed by atoms with Crippen molar-refractivity contribution in [2.45, 2.75) is 5.16 Å². The summed E-state index contributed by atoms with van der Waals surface area (Å²) in [7, 11) is 0. The van der Waals surface area contributed by atoms with Crippen LogP contribution in [0.15, 0.2) is 5.16 Å². The summed E-state index contributed by atoms with van der Waals surface area (Å²) in [4.78, 5) is 6.65. The molecule has 0 spiro atoms. The van der Waals surface area contributed by atoms with Gasteiger partial charge in [0, 0.05) is 0 Å². The van der Waals surface area contributed by atoms with Crippen LogP contribution in [0.25, 0.3) is 0 Å². The van der Waals surface area contributed by atoms with Crippen molar-refractivity contribution in [3.63, 3.8) is 0 Å². The van der Waals surface area contributed by atoms with Crippen LogP contribution in [0.4, 0.5) is 0 Å². The highest BCUT2D eigenvalue weighted by Gasteiger charge is 2.02. The van der Waals surface area contributed by atoms with Gasteiger partial charge >= 0.3 is 0 Å². The first kappa shape index (κ1) is 7.25. The summed E-state index contributed by atoms with van der Waals surface area (Å²) in [5.41, 5.74) is 0. The molecule has 0 saturated heterocycles. The second-order valence-corrected chi connectivity index (χ2v) is 2.88. The Balaban J connectivity index is 2.98. The number of rotatable bonds is 1. The number of H-pyrrole nitrogens is 1. The molecule has 50 valence electrons. The minimum Gasteiger partial charge on any atom is -0.323 e. The quantitative estimate of drug-likeness (QED) is 0.677. The van der Waals surface area contributed by atoms with Crippen molar-refractivity contribution in [3.05, 3.63) is 10.3 Å². The zero-order chi connectivity index (χ0) is 6.85. The van der Waals surface area contributed by atoms with Crippen LogP contribution in [0.3, 0.4) is 0 Å². The molecular weight excluding hydrogens is 179 g/mol. The average molecular weight is 183 g/mol. The molecule has 0 atom stereocenters. The molecule has 0 saturated carbocycles. The summed E-state index contributed by atoms with van der Waals surface area (Å²) in [5, 5.41) is 1.48. The van der Waals surface area contributed by atoms with Gasteiger partial charge in [-0.3, -0.25) is 0 Å². The van der Waals surface area contributed by atoms with E-state index in [0.717, 1.165) is 5.16 Å². The smallest absolute Gasteiger partial charge is 0.167 e. The van der Waals surface area contributed by atoms with Crippen LogP contribution in [0.5, 0.6) is 0 Å². The SMILES string of the molecule is CSc1nc(Cl)c(Cl)[nH]1. The Kier molecular flexibility index (Phi) is 2.27. The average Bonchev–Trinajstić information content (AvgIpc) is 2.13. The maximum Gasteiger partial charge on any atom is 0.167 e. The van der Waals surface area contributed by atoms with E-state index in [1.807, 2.05) is 6.26 Å². The normalized spacial score (nSPS) is 10.1. The number of nitrogens with zero attached hydrogens (tertiary/aromatic N) is 1. The zero-order valence-electron chi connectivity index (χ0n) is 4.61. The van der Waals surface area contributed by atoms with Gasteiger partial charge in [-0.05, 0) is 6.26 Å². The van der Waals surface area contributed by atoms with Gasteiger partial charge < -0.3 is 4.98 Å². The first-order valence-electron chi connectivity index (χ1n) is 2.19. The van der Waals surface area contributed by atoms with Crippen molar-refractivity contribution in [2.75, 3.05) is 6.26 Å². The standard InChI is InChI=1S/C4H4Cl2N2S/c1-9-4-7-2(5)3(6)8-4/h1H3,(H,7,8). The molecule has 0 fully saturated rings. The van der Waals surface area contributed by atoms with E-state index >= 15 is 0 Å². The maximum absolute atomic E-state index is 5.54. The number of aromatic amines is 1. The lowest BCUT2D eigenvalue weighted by Gasteiger charge is -1.80. The Hall–Kier alpha value is 0.140. The number of nitrogens with one attached hydrogen (secondary N) is 1. The first-order chi connectivity index (χ1) is 4.24. The van der Waals surface area contributed by atoms with Gasteiger partial charge in [-0.2, -0.15) is 0 Å². The second kappa shape index (κ2) is 2.82.